The summed E-state index contributed by atoms with van der Waals surface area (Å²) in [6.45, 7) is 0. The first-order valence-corrected chi connectivity index (χ1v) is 9.36. The third-order valence-corrected chi connectivity index (χ3v) is 6.52. The Hall–Kier alpha value is -3.30. The number of phenols is 1. The molecule has 1 aliphatic carbocycles. The van der Waals surface area contributed by atoms with Gasteiger partial charge in [0.1, 0.15) is 6.10 Å². The van der Waals surface area contributed by atoms with Crippen molar-refractivity contribution in [2.75, 3.05) is 14.2 Å². The smallest absolute Gasteiger partial charge is 0.337 e. The topological polar surface area (TPSA) is 122 Å². The molecule has 9 nitrogen and oxygen atoms in total. The van der Waals surface area contributed by atoms with Gasteiger partial charge < -0.3 is 28.8 Å². The fraction of sp³-hybridized carbons (Fsp3) is 0.333. The van der Waals surface area contributed by atoms with Crippen LogP contribution >= 0.6 is 0 Å². The number of ether oxygens (including phenoxy) is 5. The fourth-order valence-electron chi connectivity index (χ4n) is 5.17. The Kier molecular flexibility index (Phi) is 3.07. The van der Waals surface area contributed by atoms with Crippen molar-refractivity contribution >= 4 is 18.0 Å². The quantitative estimate of drug-likeness (QED) is 0.321. The van der Waals surface area contributed by atoms with Gasteiger partial charge in [0.05, 0.1) is 31.6 Å². The van der Waals surface area contributed by atoms with E-state index in [0.29, 0.717) is 16.7 Å². The average molecular weight is 411 g/mol. The predicted molar refractivity (Wildman–Crippen MR) is 98.7 cm³/mol. The lowest BCUT2D eigenvalue weighted by molar-refractivity contribution is -0.152. The van der Waals surface area contributed by atoms with Crippen LogP contribution in [0.4, 0.5) is 0 Å². The molecule has 0 aromatic heterocycles. The van der Waals surface area contributed by atoms with Gasteiger partial charge in [0.2, 0.25) is 0 Å². The molecular weight excluding hydrogens is 394 g/mol. The Balaban J connectivity index is 1.42. The Morgan fingerprint density at radius 3 is 2.93 bits per heavy atom. The third-order valence-electron chi connectivity index (χ3n) is 6.52. The maximum Gasteiger partial charge on any atom is 0.337 e. The number of hydrogen-bond donors (Lipinski definition) is 2. The number of nitrogens with one attached hydrogen (secondary N) is 1. The summed E-state index contributed by atoms with van der Waals surface area (Å²) in [4.78, 5) is 25.1. The zero-order valence-electron chi connectivity index (χ0n) is 16.0. The Morgan fingerprint density at radius 1 is 1.33 bits per heavy atom. The summed E-state index contributed by atoms with van der Waals surface area (Å²) >= 11 is 0. The molecule has 3 saturated heterocycles. The van der Waals surface area contributed by atoms with Crippen molar-refractivity contribution in [2.24, 2.45) is 5.92 Å². The van der Waals surface area contributed by atoms with E-state index < -0.39 is 41.0 Å². The zero-order valence-corrected chi connectivity index (χ0v) is 16.0. The van der Waals surface area contributed by atoms with Crippen LogP contribution < -0.4 is 10.1 Å². The van der Waals surface area contributed by atoms with Crippen molar-refractivity contribution in [1.29, 1.82) is 0 Å². The molecule has 5 atom stereocenters. The van der Waals surface area contributed by atoms with E-state index in [9.17, 15) is 14.7 Å². The Labute approximate surface area is 170 Å². The minimum Gasteiger partial charge on any atom is -0.504 e. The summed E-state index contributed by atoms with van der Waals surface area (Å²) in [5.74, 6) is -2.38. The first-order valence-electron chi connectivity index (χ1n) is 9.36. The number of esters is 2. The lowest BCUT2D eigenvalue weighted by atomic mass is 9.76. The molecule has 4 aliphatic heterocycles. The molecule has 0 radical (unpaired) electrons. The molecule has 0 amide bonds. The number of carbonyl (C=O) groups is 2. The van der Waals surface area contributed by atoms with E-state index in [-0.39, 0.29) is 11.5 Å². The van der Waals surface area contributed by atoms with Gasteiger partial charge in [-0.15, -0.1) is 0 Å². The molecule has 0 saturated carbocycles. The van der Waals surface area contributed by atoms with E-state index in [1.807, 2.05) is 6.08 Å². The SMILES string of the molecule is COC(=O)C1=COC23NC24C1C=CC41OC(=O)C(=Cc2ccc(O)c(OC)c2)C1O3. The highest BCUT2D eigenvalue weighted by Crippen LogP contribution is 2.71. The van der Waals surface area contributed by atoms with Crippen LogP contribution in [0, 0.1) is 5.92 Å². The first kappa shape index (κ1) is 17.5. The van der Waals surface area contributed by atoms with E-state index in [4.69, 9.17) is 23.7 Å². The number of aromatic hydroxyl groups is 1. The molecule has 0 bridgehead atoms. The van der Waals surface area contributed by atoms with E-state index in [1.54, 1.807) is 24.3 Å². The van der Waals surface area contributed by atoms with Crippen LogP contribution in [-0.4, -0.2) is 54.4 Å². The number of methoxy groups -OCH3 is 2. The van der Waals surface area contributed by atoms with Crippen LogP contribution in [0.25, 0.3) is 6.08 Å². The molecule has 30 heavy (non-hydrogen) atoms. The van der Waals surface area contributed by atoms with Gasteiger partial charge in [0.25, 0.3) is 5.91 Å². The van der Waals surface area contributed by atoms with Crippen molar-refractivity contribution in [1.82, 2.24) is 5.32 Å². The highest BCUT2D eigenvalue weighted by Gasteiger charge is 2.96. The van der Waals surface area contributed by atoms with Crippen molar-refractivity contribution in [3.8, 4) is 11.5 Å². The van der Waals surface area contributed by atoms with Crippen LogP contribution in [0.5, 0.6) is 11.5 Å². The summed E-state index contributed by atoms with van der Waals surface area (Å²) < 4.78 is 27.9. The number of rotatable bonds is 3. The molecule has 154 valence electrons. The van der Waals surface area contributed by atoms with Crippen LogP contribution in [-0.2, 0) is 28.5 Å². The molecule has 5 aliphatic rings. The molecule has 1 aromatic rings. The number of carbonyl (C=O) groups excluding carboxylic acids is 2. The van der Waals surface area contributed by atoms with Gasteiger partial charge in [-0.25, -0.2) is 14.9 Å². The second kappa shape index (κ2) is 5.24. The predicted octanol–water partition coefficient (Wildman–Crippen LogP) is 0.747. The molecule has 6 rings (SSSR count). The van der Waals surface area contributed by atoms with E-state index in [1.165, 1.54) is 26.5 Å². The van der Waals surface area contributed by atoms with Gasteiger partial charge >= 0.3 is 11.9 Å². The monoisotopic (exact) mass is 411 g/mol. The minimum absolute atomic E-state index is 0.00661. The highest BCUT2D eigenvalue weighted by atomic mass is 16.8. The number of hydrogen-bond acceptors (Lipinski definition) is 9. The zero-order chi connectivity index (χ0) is 20.9. The number of benzene rings is 1. The molecule has 4 heterocycles. The summed E-state index contributed by atoms with van der Waals surface area (Å²) in [5.41, 5.74) is -0.801. The van der Waals surface area contributed by atoms with E-state index >= 15 is 0 Å². The van der Waals surface area contributed by atoms with Crippen LogP contribution in [0.2, 0.25) is 0 Å². The van der Waals surface area contributed by atoms with Crippen LogP contribution in [0.1, 0.15) is 5.56 Å². The maximum atomic E-state index is 12.8. The van der Waals surface area contributed by atoms with Gasteiger partial charge in [-0.2, -0.15) is 0 Å². The Morgan fingerprint density at radius 2 is 2.17 bits per heavy atom. The van der Waals surface area contributed by atoms with Gasteiger partial charge in [-0.3, -0.25) is 0 Å². The van der Waals surface area contributed by atoms with E-state index in [0.717, 1.165) is 0 Å². The third kappa shape index (κ3) is 1.72. The standard InChI is InChI=1S/C21H17NO8/c1-26-15-8-10(3-4-14(15)23)7-11-16-19(30-18(11)25)6-5-13-12(17(24)27-2)9-28-21(29-16)20(13,19)22-21/h3-9,13,16,22-23H,1-2H3. The van der Waals surface area contributed by atoms with Gasteiger partial charge in [-0.1, -0.05) is 12.1 Å². The molecule has 1 aromatic carbocycles. The first-order chi connectivity index (χ1) is 14.4. The minimum atomic E-state index is -1.18. The van der Waals surface area contributed by atoms with Crippen LogP contribution in [0.15, 0.2) is 47.8 Å². The van der Waals surface area contributed by atoms with Crippen molar-refractivity contribution in [3.63, 3.8) is 0 Å². The van der Waals surface area contributed by atoms with E-state index in [2.05, 4.69) is 5.32 Å². The molecular formula is C21H17NO8. The van der Waals surface area contributed by atoms with Crippen LogP contribution in [0.3, 0.4) is 0 Å². The average Bonchev–Trinajstić information content (AvgIpc) is 3.10. The summed E-state index contributed by atoms with van der Waals surface area (Å²) in [6, 6.07) is 4.74. The van der Waals surface area contributed by atoms with Gasteiger partial charge in [0.15, 0.2) is 22.6 Å². The molecule has 2 spiro atoms. The lowest BCUT2D eigenvalue weighted by Crippen LogP contribution is -2.52. The Bertz CT molecular complexity index is 1120. The summed E-state index contributed by atoms with van der Waals surface area (Å²) in [7, 11) is 2.74. The molecule has 3 fully saturated rings. The second-order valence-corrected chi connectivity index (χ2v) is 7.78. The number of phenolic OH excluding ortho intramolecular Hbond substituents is 1. The largest absolute Gasteiger partial charge is 0.504 e. The van der Waals surface area contributed by atoms with Gasteiger partial charge in [0, 0.05) is 5.92 Å². The second-order valence-electron chi connectivity index (χ2n) is 7.78. The highest BCUT2D eigenvalue weighted by molar-refractivity contribution is 6.00. The summed E-state index contributed by atoms with van der Waals surface area (Å²) in [6.07, 6.45) is 5.84. The van der Waals surface area contributed by atoms with Crippen molar-refractivity contribution in [2.45, 2.75) is 23.2 Å². The maximum absolute atomic E-state index is 12.8. The van der Waals surface area contributed by atoms with Crippen molar-refractivity contribution in [3.05, 3.63) is 53.3 Å². The normalized spacial score (nSPS) is 40.1. The fourth-order valence-corrected chi connectivity index (χ4v) is 5.17. The van der Waals surface area contributed by atoms with Gasteiger partial charge in [-0.05, 0) is 29.8 Å². The van der Waals surface area contributed by atoms with Crippen molar-refractivity contribution < 1.29 is 38.4 Å². The summed E-state index contributed by atoms with van der Waals surface area (Å²) in [5, 5.41) is 13.0. The molecule has 9 heteroatoms. The molecule has 5 unspecified atom stereocenters. The lowest BCUT2D eigenvalue weighted by Gasteiger charge is -2.30. The molecule has 2 N–H and O–H groups in total.